The molecule has 3 heterocycles. The minimum atomic E-state index is -0.607. The lowest BCUT2D eigenvalue weighted by molar-refractivity contribution is 0.0716. The Balaban J connectivity index is 1.46. The Kier molecular flexibility index (Phi) is 7.50. The first-order valence-corrected chi connectivity index (χ1v) is 14.1. The zero-order valence-corrected chi connectivity index (χ0v) is 23.2. The molecule has 6 rings (SSSR count). The van der Waals surface area contributed by atoms with Gasteiger partial charge in [-0.05, 0) is 67.2 Å². The number of benzene rings is 3. The lowest BCUT2D eigenvalue weighted by Crippen LogP contribution is -2.38. The fourth-order valence-corrected chi connectivity index (χ4v) is 5.58. The van der Waals surface area contributed by atoms with Crippen molar-refractivity contribution in [3.63, 3.8) is 0 Å². The van der Waals surface area contributed by atoms with Crippen LogP contribution in [0.5, 0.6) is 5.75 Å². The number of piperidine rings is 1. The highest BCUT2D eigenvalue weighted by Crippen LogP contribution is 2.26. The van der Waals surface area contributed by atoms with E-state index in [-0.39, 0.29) is 22.0 Å². The van der Waals surface area contributed by atoms with Crippen LogP contribution in [0.2, 0.25) is 0 Å². The van der Waals surface area contributed by atoms with E-state index in [1.54, 1.807) is 20.8 Å². The van der Waals surface area contributed by atoms with Gasteiger partial charge in [-0.3, -0.25) is 9.59 Å². The summed E-state index contributed by atoms with van der Waals surface area (Å²) in [6, 6.07) is 26.2. The van der Waals surface area contributed by atoms with Crippen molar-refractivity contribution < 1.29 is 14.3 Å². The first kappa shape index (κ1) is 26.3. The van der Waals surface area contributed by atoms with E-state index in [0.29, 0.717) is 24.5 Å². The summed E-state index contributed by atoms with van der Waals surface area (Å²) in [5.74, 6) is -0.147. The highest BCUT2D eigenvalue weighted by molar-refractivity contribution is 7.04. The standard InChI is InChI=1S/C30H27N7O3S/c1-40-24-17-15-23(16-18-24)37-33-26(30(39)35-19-9-4-10-20-35)29(41-37)31-28(38)25-27(21-11-5-2-6-12-21)36(34-32-25)22-13-7-3-8-14-22/h2-3,5-8,11-18H,4,9-10,19-20H2,1H3. The second kappa shape index (κ2) is 11.7. The second-order valence-corrected chi connectivity index (χ2v) is 10.4. The van der Waals surface area contributed by atoms with Crippen LogP contribution in [0.15, 0.2) is 89.9 Å². The predicted molar refractivity (Wildman–Crippen MR) is 154 cm³/mol. The predicted octanol–water partition coefficient (Wildman–Crippen LogP) is 4.56. The summed E-state index contributed by atoms with van der Waals surface area (Å²) < 4.78 is 8.71. The third-order valence-corrected chi connectivity index (χ3v) is 7.75. The number of amides is 2. The molecule has 0 aliphatic carbocycles. The molecule has 0 radical (unpaired) electrons. The van der Waals surface area contributed by atoms with Crippen molar-refractivity contribution in [3.05, 3.63) is 101 Å². The van der Waals surface area contributed by atoms with Gasteiger partial charge in [0.2, 0.25) is 0 Å². The van der Waals surface area contributed by atoms with E-state index in [0.717, 1.165) is 47.7 Å². The van der Waals surface area contributed by atoms with E-state index in [1.165, 1.54) is 0 Å². The SMILES string of the molecule is COc1ccc(-n2nc(C(=O)N3CCCCC3)c(=NC(=O)c3nnn(-c4ccccc4)c3-c3ccccc3)s2)cc1. The molecule has 0 unspecified atom stereocenters. The average molecular weight is 566 g/mol. The van der Waals surface area contributed by atoms with Crippen LogP contribution in [-0.4, -0.2) is 61.1 Å². The number of hydrogen-bond acceptors (Lipinski definition) is 7. The minimum Gasteiger partial charge on any atom is -0.497 e. The number of carbonyl (C=O) groups excluding carboxylic acids is 2. The van der Waals surface area contributed by atoms with Crippen LogP contribution in [-0.2, 0) is 0 Å². The summed E-state index contributed by atoms with van der Waals surface area (Å²) in [5.41, 5.74) is 2.98. The molecular formula is C30H27N7O3S. The monoisotopic (exact) mass is 565 g/mol. The van der Waals surface area contributed by atoms with Crippen molar-refractivity contribution in [1.29, 1.82) is 0 Å². The highest BCUT2D eigenvalue weighted by atomic mass is 32.1. The number of carbonyl (C=O) groups is 2. The quantitative estimate of drug-likeness (QED) is 0.299. The Morgan fingerprint density at radius 3 is 2.20 bits per heavy atom. The normalized spacial score (nSPS) is 13.8. The maximum absolute atomic E-state index is 13.8. The second-order valence-electron chi connectivity index (χ2n) is 9.49. The Morgan fingerprint density at radius 1 is 0.829 bits per heavy atom. The fraction of sp³-hybridized carbons (Fsp3) is 0.200. The molecule has 206 valence electrons. The summed E-state index contributed by atoms with van der Waals surface area (Å²) in [5, 5.41) is 13.2. The maximum Gasteiger partial charge on any atom is 0.301 e. The molecule has 0 saturated carbocycles. The molecule has 1 saturated heterocycles. The van der Waals surface area contributed by atoms with Gasteiger partial charge in [-0.2, -0.15) is 9.06 Å². The first-order valence-electron chi connectivity index (χ1n) is 13.3. The van der Waals surface area contributed by atoms with Gasteiger partial charge in [0.1, 0.15) is 11.4 Å². The number of rotatable bonds is 6. The fourth-order valence-electron chi connectivity index (χ4n) is 4.73. The molecule has 2 amide bonds. The minimum absolute atomic E-state index is 0.0841. The lowest BCUT2D eigenvalue weighted by atomic mass is 10.1. The Labute approximate surface area is 240 Å². The molecule has 5 aromatic rings. The van der Waals surface area contributed by atoms with E-state index >= 15 is 0 Å². The van der Waals surface area contributed by atoms with Crippen LogP contribution in [0.4, 0.5) is 0 Å². The van der Waals surface area contributed by atoms with Gasteiger partial charge in [-0.25, -0.2) is 4.68 Å². The van der Waals surface area contributed by atoms with Crippen molar-refractivity contribution in [3.8, 4) is 28.4 Å². The molecular weight excluding hydrogens is 538 g/mol. The summed E-state index contributed by atoms with van der Waals surface area (Å²) in [7, 11) is 1.60. The van der Waals surface area contributed by atoms with Gasteiger partial charge in [-0.15, -0.1) is 10.2 Å². The molecule has 1 aliphatic heterocycles. The molecule has 0 bridgehead atoms. The number of para-hydroxylation sites is 1. The molecule has 0 atom stereocenters. The molecule has 1 aliphatic rings. The van der Waals surface area contributed by atoms with E-state index in [2.05, 4.69) is 20.4 Å². The number of aromatic nitrogens is 5. The number of ether oxygens (including phenoxy) is 1. The summed E-state index contributed by atoms with van der Waals surface area (Å²) >= 11 is 1.12. The van der Waals surface area contributed by atoms with Crippen LogP contribution in [0.1, 0.15) is 40.2 Å². The summed E-state index contributed by atoms with van der Waals surface area (Å²) in [4.78, 5) is 33.6. The zero-order valence-electron chi connectivity index (χ0n) is 22.4. The molecule has 3 aromatic carbocycles. The van der Waals surface area contributed by atoms with Crippen molar-refractivity contribution in [1.82, 2.24) is 29.1 Å². The van der Waals surface area contributed by atoms with Crippen LogP contribution < -0.4 is 9.41 Å². The molecule has 41 heavy (non-hydrogen) atoms. The first-order chi connectivity index (χ1) is 20.1. The molecule has 2 aromatic heterocycles. The number of likely N-dealkylation sites (tertiary alicyclic amines) is 1. The van der Waals surface area contributed by atoms with Gasteiger partial charge in [0.05, 0.1) is 18.5 Å². The van der Waals surface area contributed by atoms with Gasteiger partial charge in [0.15, 0.2) is 16.1 Å². The Hall–Kier alpha value is -4.90. The van der Waals surface area contributed by atoms with Gasteiger partial charge >= 0.3 is 5.91 Å². The topological polar surface area (TPSA) is 108 Å². The third-order valence-electron chi connectivity index (χ3n) is 6.83. The van der Waals surface area contributed by atoms with Crippen LogP contribution in [0.25, 0.3) is 22.6 Å². The highest BCUT2D eigenvalue weighted by Gasteiger charge is 2.26. The van der Waals surface area contributed by atoms with Crippen LogP contribution in [0.3, 0.4) is 0 Å². The number of nitrogens with zero attached hydrogens (tertiary/aromatic N) is 7. The van der Waals surface area contributed by atoms with Gasteiger partial charge in [-0.1, -0.05) is 53.7 Å². The van der Waals surface area contributed by atoms with Crippen LogP contribution in [0, 0.1) is 0 Å². The summed E-state index contributed by atoms with van der Waals surface area (Å²) in [6.07, 6.45) is 2.95. The number of methoxy groups -OCH3 is 1. The molecule has 1 fully saturated rings. The number of hydrogen-bond donors (Lipinski definition) is 0. The van der Waals surface area contributed by atoms with E-state index < -0.39 is 5.91 Å². The average Bonchev–Trinajstić information content (AvgIpc) is 3.67. The van der Waals surface area contributed by atoms with E-state index in [9.17, 15) is 9.59 Å². The van der Waals surface area contributed by atoms with Gasteiger partial charge in [0, 0.05) is 18.7 Å². The summed E-state index contributed by atoms with van der Waals surface area (Å²) in [6.45, 7) is 1.30. The van der Waals surface area contributed by atoms with Crippen molar-refractivity contribution in [2.45, 2.75) is 19.3 Å². The Morgan fingerprint density at radius 2 is 1.51 bits per heavy atom. The molecule has 0 N–H and O–H groups in total. The van der Waals surface area contributed by atoms with Crippen molar-refractivity contribution >= 4 is 23.3 Å². The third kappa shape index (κ3) is 5.44. The van der Waals surface area contributed by atoms with Crippen molar-refractivity contribution in [2.24, 2.45) is 4.99 Å². The van der Waals surface area contributed by atoms with Gasteiger partial charge < -0.3 is 9.64 Å². The van der Waals surface area contributed by atoms with Crippen molar-refractivity contribution in [2.75, 3.05) is 20.2 Å². The molecule has 11 heteroatoms. The van der Waals surface area contributed by atoms with E-state index in [1.807, 2.05) is 84.9 Å². The molecule has 10 nitrogen and oxygen atoms in total. The largest absolute Gasteiger partial charge is 0.497 e. The zero-order chi connectivity index (χ0) is 28.2. The maximum atomic E-state index is 13.8. The lowest BCUT2D eigenvalue weighted by Gasteiger charge is -2.25. The van der Waals surface area contributed by atoms with Crippen LogP contribution >= 0.6 is 11.5 Å². The smallest absolute Gasteiger partial charge is 0.301 e. The Bertz CT molecular complexity index is 1740. The van der Waals surface area contributed by atoms with E-state index in [4.69, 9.17) is 4.74 Å². The molecule has 0 spiro atoms. The van der Waals surface area contributed by atoms with Gasteiger partial charge in [0.25, 0.3) is 5.91 Å².